The Morgan fingerprint density at radius 3 is 2.68 bits per heavy atom. The number of carbonyl (C=O) groups is 2. The summed E-state index contributed by atoms with van der Waals surface area (Å²) in [5.41, 5.74) is 1.13. The molecule has 5 heteroatoms. The van der Waals surface area contributed by atoms with E-state index in [4.69, 9.17) is 4.84 Å². The summed E-state index contributed by atoms with van der Waals surface area (Å²) in [7, 11) is 0. The standard InChI is InChI=1S/C23H34N2O3/c1-22-8-5-15(25-28-16-7-10-24-13-16)11-14(22)12-19(26)21-17-3-4-20(27)23(17,2)9-6-18(21)22/h14,16-18,21,24H,3-13H2,1-2H3/t14?,16-,17+,18+,21+,22+,23+/m1/s1. The molecule has 0 aromatic carbocycles. The Morgan fingerprint density at radius 1 is 1.04 bits per heavy atom. The zero-order chi connectivity index (χ0) is 19.5. The maximum Gasteiger partial charge on any atom is 0.141 e. The number of oxime groups is 1. The van der Waals surface area contributed by atoms with Gasteiger partial charge in [0.1, 0.15) is 17.7 Å². The Morgan fingerprint density at radius 2 is 1.89 bits per heavy atom. The third-order valence-corrected chi connectivity index (χ3v) is 9.36. The predicted octanol–water partition coefficient (Wildman–Crippen LogP) is 3.51. The molecule has 1 unspecified atom stereocenters. The van der Waals surface area contributed by atoms with Crippen LogP contribution in [0.5, 0.6) is 0 Å². The molecular weight excluding hydrogens is 352 g/mol. The first-order chi connectivity index (χ1) is 13.4. The number of rotatable bonds is 2. The van der Waals surface area contributed by atoms with Crippen molar-refractivity contribution >= 4 is 17.3 Å². The Hall–Kier alpha value is -1.23. The van der Waals surface area contributed by atoms with Crippen molar-refractivity contribution in [1.29, 1.82) is 0 Å². The van der Waals surface area contributed by atoms with Gasteiger partial charge in [0.05, 0.1) is 5.71 Å². The number of carbonyl (C=O) groups excluding carboxylic acids is 2. The summed E-state index contributed by atoms with van der Waals surface area (Å²) in [5, 5.41) is 7.82. The van der Waals surface area contributed by atoms with Crippen LogP contribution in [-0.4, -0.2) is 36.5 Å². The number of hydrogen-bond donors (Lipinski definition) is 1. The molecule has 4 saturated carbocycles. The monoisotopic (exact) mass is 386 g/mol. The summed E-state index contributed by atoms with van der Waals surface area (Å²) in [6, 6.07) is 0. The number of nitrogens with zero attached hydrogens (tertiary/aromatic N) is 1. The highest BCUT2D eigenvalue weighted by Gasteiger charge is 2.62. The van der Waals surface area contributed by atoms with E-state index in [1.165, 1.54) is 0 Å². The van der Waals surface area contributed by atoms with E-state index in [0.717, 1.165) is 63.7 Å². The average molecular weight is 387 g/mol. The summed E-state index contributed by atoms with van der Waals surface area (Å²) in [6.45, 7) is 6.47. The normalized spacial score (nSPS) is 49.6. The van der Waals surface area contributed by atoms with Crippen LogP contribution in [0.3, 0.4) is 0 Å². The molecule has 7 atom stereocenters. The predicted molar refractivity (Wildman–Crippen MR) is 107 cm³/mol. The number of ketones is 2. The second kappa shape index (κ2) is 6.65. The van der Waals surface area contributed by atoms with Gasteiger partial charge in [-0.2, -0.15) is 0 Å². The SMILES string of the molecule is C[C@]12CCC(=NO[C@@H]3CCNC3)CC1CC(=O)[C@@H]1[C@@H]2CC[C@]2(C)C(=O)CC[C@@H]12. The minimum absolute atomic E-state index is 0.116. The molecule has 154 valence electrons. The Labute approximate surface area is 168 Å². The van der Waals surface area contributed by atoms with Gasteiger partial charge in [0.25, 0.3) is 0 Å². The molecule has 0 amide bonds. The van der Waals surface area contributed by atoms with Crippen LogP contribution in [-0.2, 0) is 14.4 Å². The highest BCUT2D eigenvalue weighted by Crippen LogP contribution is 2.64. The van der Waals surface area contributed by atoms with Gasteiger partial charge in [0, 0.05) is 37.1 Å². The van der Waals surface area contributed by atoms with E-state index in [-0.39, 0.29) is 28.8 Å². The quantitative estimate of drug-likeness (QED) is 0.738. The van der Waals surface area contributed by atoms with Gasteiger partial charge in [0.15, 0.2) is 0 Å². The van der Waals surface area contributed by atoms with Crippen LogP contribution in [0.2, 0.25) is 0 Å². The van der Waals surface area contributed by atoms with Gasteiger partial charge in [-0.1, -0.05) is 19.0 Å². The van der Waals surface area contributed by atoms with Gasteiger partial charge in [-0.05, 0) is 68.2 Å². The fraction of sp³-hybridized carbons (Fsp3) is 0.870. The van der Waals surface area contributed by atoms with Crippen molar-refractivity contribution < 1.29 is 14.4 Å². The smallest absolute Gasteiger partial charge is 0.141 e. The second-order valence-corrected chi connectivity index (χ2v) is 10.6. The summed E-state index contributed by atoms with van der Waals surface area (Å²) in [5.74, 6) is 2.08. The summed E-state index contributed by atoms with van der Waals surface area (Å²) in [4.78, 5) is 31.6. The fourth-order valence-electron chi connectivity index (χ4n) is 7.46. The van der Waals surface area contributed by atoms with E-state index in [1.807, 2.05) is 0 Å². The number of hydrogen-bond acceptors (Lipinski definition) is 5. The summed E-state index contributed by atoms with van der Waals surface area (Å²) in [6.07, 6.45) is 8.54. The van der Waals surface area contributed by atoms with E-state index in [1.54, 1.807) is 0 Å². The minimum Gasteiger partial charge on any atom is -0.391 e. The molecule has 0 aromatic heterocycles. The van der Waals surface area contributed by atoms with Gasteiger partial charge in [-0.3, -0.25) is 9.59 Å². The van der Waals surface area contributed by atoms with Crippen LogP contribution in [0.1, 0.15) is 71.6 Å². The third-order valence-electron chi connectivity index (χ3n) is 9.36. The molecule has 5 rings (SSSR count). The molecular formula is C23H34N2O3. The van der Waals surface area contributed by atoms with Crippen molar-refractivity contribution in [3.05, 3.63) is 0 Å². The van der Waals surface area contributed by atoms with Gasteiger partial charge >= 0.3 is 0 Å². The summed E-state index contributed by atoms with van der Waals surface area (Å²) < 4.78 is 0. The van der Waals surface area contributed by atoms with Gasteiger partial charge in [-0.15, -0.1) is 0 Å². The van der Waals surface area contributed by atoms with Crippen molar-refractivity contribution in [2.45, 2.75) is 77.7 Å². The highest BCUT2D eigenvalue weighted by molar-refractivity contribution is 5.91. The molecule has 0 spiro atoms. The number of nitrogens with one attached hydrogen (secondary N) is 1. The topological polar surface area (TPSA) is 67.8 Å². The van der Waals surface area contributed by atoms with Crippen molar-refractivity contribution in [3.63, 3.8) is 0 Å². The second-order valence-electron chi connectivity index (χ2n) is 10.6. The molecule has 5 nitrogen and oxygen atoms in total. The van der Waals surface area contributed by atoms with Gasteiger partial charge < -0.3 is 10.2 Å². The first kappa shape index (κ1) is 18.8. The number of fused-ring (bicyclic) bond motifs is 5. The minimum atomic E-state index is -0.232. The molecule has 1 aliphatic heterocycles. The molecule has 28 heavy (non-hydrogen) atoms. The summed E-state index contributed by atoms with van der Waals surface area (Å²) >= 11 is 0. The van der Waals surface area contributed by atoms with Gasteiger partial charge in [0.2, 0.25) is 0 Å². The van der Waals surface area contributed by atoms with E-state index in [9.17, 15) is 9.59 Å². The molecule has 1 heterocycles. The van der Waals surface area contributed by atoms with Crippen LogP contribution in [0.25, 0.3) is 0 Å². The maximum atomic E-state index is 13.3. The van der Waals surface area contributed by atoms with Gasteiger partial charge in [-0.25, -0.2) is 0 Å². The maximum absolute atomic E-state index is 13.3. The lowest BCUT2D eigenvalue weighted by Crippen LogP contribution is -2.57. The zero-order valence-electron chi connectivity index (χ0n) is 17.3. The molecule has 1 saturated heterocycles. The van der Waals surface area contributed by atoms with Crippen molar-refractivity contribution in [2.75, 3.05) is 13.1 Å². The lowest BCUT2D eigenvalue weighted by Gasteiger charge is -2.58. The first-order valence-electron chi connectivity index (χ1n) is 11.4. The van der Waals surface area contributed by atoms with Crippen LogP contribution in [0.4, 0.5) is 0 Å². The van der Waals surface area contributed by atoms with E-state index >= 15 is 0 Å². The molecule has 5 aliphatic rings. The van der Waals surface area contributed by atoms with Crippen molar-refractivity contribution in [2.24, 2.45) is 39.7 Å². The first-order valence-corrected chi connectivity index (χ1v) is 11.4. The average Bonchev–Trinajstić information content (AvgIpc) is 3.29. The van der Waals surface area contributed by atoms with Crippen LogP contribution in [0, 0.1) is 34.5 Å². The Kier molecular flexibility index (Phi) is 4.46. The molecule has 0 bridgehead atoms. The van der Waals surface area contributed by atoms with Crippen LogP contribution < -0.4 is 5.32 Å². The lowest BCUT2D eigenvalue weighted by atomic mass is 9.45. The van der Waals surface area contributed by atoms with E-state index in [2.05, 4.69) is 24.3 Å². The molecule has 4 aliphatic carbocycles. The van der Waals surface area contributed by atoms with Crippen LogP contribution >= 0.6 is 0 Å². The lowest BCUT2D eigenvalue weighted by molar-refractivity contribution is -0.154. The third kappa shape index (κ3) is 2.72. The Balaban J connectivity index is 1.35. The Bertz CT molecular complexity index is 713. The van der Waals surface area contributed by atoms with E-state index < -0.39 is 0 Å². The zero-order valence-corrected chi connectivity index (χ0v) is 17.3. The fourth-order valence-corrected chi connectivity index (χ4v) is 7.46. The molecule has 0 aromatic rings. The van der Waals surface area contributed by atoms with E-state index in [0.29, 0.717) is 36.2 Å². The molecule has 5 fully saturated rings. The molecule has 0 radical (unpaired) electrons. The van der Waals surface area contributed by atoms with Crippen molar-refractivity contribution in [3.8, 4) is 0 Å². The highest BCUT2D eigenvalue weighted by atomic mass is 16.6. The number of Topliss-reactive ketones (excluding diaryl/α,β-unsaturated/α-hetero) is 2. The van der Waals surface area contributed by atoms with Crippen molar-refractivity contribution in [1.82, 2.24) is 5.32 Å². The molecule has 1 N–H and O–H groups in total. The largest absolute Gasteiger partial charge is 0.391 e. The van der Waals surface area contributed by atoms with Crippen LogP contribution in [0.15, 0.2) is 5.16 Å².